The van der Waals surface area contributed by atoms with Crippen molar-refractivity contribution in [2.75, 3.05) is 13.2 Å². The predicted molar refractivity (Wildman–Crippen MR) is 76.2 cm³/mol. The van der Waals surface area contributed by atoms with Gasteiger partial charge in [-0.05, 0) is 38.0 Å². The van der Waals surface area contributed by atoms with Gasteiger partial charge in [0.25, 0.3) is 0 Å². The molecule has 1 aliphatic carbocycles. The largest absolute Gasteiger partial charge is 0.491 e. The van der Waals surface area contributed by atoms with Crippen molar-refractivity contribution in [3.05, 3.63) is 24.0 Å². The summed E-state index contributed by atoms with van der Waals surface area (Å²) < 4.78 is 45.3. The van der Waals surface area contributed by atoms with E-state index in [-0.39, 0.29) is 17.2 Å². The first kappa shape index (κ1) is 16.2. The zero-order valence-electron chi connectivity index (χ0n) is 11.9. The van der Waals surface area contributed by atoms with Gasteiger partial charge in [-0.15, -0.1) is 0 Å². The lowest BCUT2D eigenvalue weighted by Crippen LogP contribution is -2.40. The van der Waals surface area contributed by atoms with E-state index >= 15 is 0 Å². The molecule has 0 unspecified atom stereocenters. The van der Waals surface area contributed by atoms with E-state index in [1.807, 2.05) is 0 Å². The van der Waals surface area contributed by atoms with Gasteiger partial charge in [-0.1, -0.05) is 12.8 Å². The van der Waals surface area contributed by atoms with Gasteiger partial charge in [-0.2, -0.15) is 0 Å². The van der Waals surface area contributed by atoms with E-state index in [0.717, 1.165) is 18.9 Å². The zero-order valence-corrected chi connectivity index (χ0v) is 12.7. The monoisotopic (exact) mass is 317 g/mol. The number of hydrogen-bond acceptors (Lipinski definition) is 4. The minimum Gasteiger partial charge on any atom is -0.491 e. The van der Waals surface area contributed by atoms with Crippen LogP contribution in [0.25, 0.3) is 0 Å². The van der Waals surface area contributed by atoms with E-state index in [9.17, 15) is 17.9 Å². The van der Waals surface area contributed by atoms with Crippen LogP contribution in [-0.2, 0) is 10.0 Å². The second kappa shape index (κ2) is 6.29. The van der Waals surface area contributed by atoms with Crippen LogP contribution in [0.2, 0.25) is 0 Å². The third-order valence-electron chi connectivity index (χ3n) is 3.64. The summed E-state index contributed by atoms with van der Waals surface area (Å²) in [5.41, 5.74) is -0.989. The van der Waals surface area contributed by atoms with E-state index in [0.29, 0.717) is 19.4 Å². The van der Waals surface area contributed by atoms with Crippen molar-refractivity contribution in [2.24, 2.45) is 0 Å². The minimum atomic E-state index is -3.85. The highest BCUT2D eigenvalue weighted by Crippen LogP contribution is 2.29. The standard InChI is InChI=1S/C14H20FNO4S/c1-2-20-13-6-5-11(9-12(13)15)21(18,19)16-10-14(17)7-3-4-8-14/h5-6,9,16-17H,2-4,7-8,10H2,1H3. The average Bonchev–Trinajstić information content (AvgIpc) is 2.87. The van der Waals surface area contributed by atoms with Gasteiger partial charge in [0, 0.05) is 6.54 Å². The van der Waals surface area contributed by atoms with Crippen LogP contribution in [-0.4, -0.2) is 32.3 Å². The van der Waals surface area contributed by atoms with Crippen LogP contribution in [0, 0.1) is 5.82 Å². The van der Waals surface area contributed by atoms with Gasteiger partial charge >= 0.3 is 0 Å². The summed E-state index contributed by atoms with van der Waals surface area (Å²) in [5, 5.41) is 10.1. The topological polar surface area (TPSA) is 75.6 Å². The Kier molecular flexibility index (Phi) is 4.85. The third-order valence-corrected chi connectivity index (χ3v) is 5.04. The quantitative estimate of drug-likeness (QED) is 0.839. The smallest absolute Gasteiger partial charge is 0.240 e. The van der Waals surface area contributed by atoms with Crippen LogP contribution in [0.3, 0.4) is 0 Å². The number of hydrogen-bond donors (Lipinski definition) is 2. The predicted octanol–water partition coefficient (Wildman–Crippen LogP) is 1.81. The first-order valence-electron chi connectivity index (χ1n) is 7.01. The lowest BCUT2D eigenvalue weighted by atomic mass is 10.0. The lowest BCUT2D eigenvalue weighted by molar-refractivity contribution is 0.0532. The number of benzene rings is 1. The molecule has 0 amide bonds. The fraction of sp³-hybridized carbons (Fsp3) is 0.571. The molecule has 5 nitrogen and oxygen atoms in total. The summed E-state index contributed by atoms with van der Waals surface area (Å²) in [6, 6.07) is 3.50. The molecule has 0 spiro atoms. The zero-order chi connectivity index (χ0) is 15.5. The van der Waals surface area contributed by atoms with Crippen LogP contribution in [0.15, 0.2) is 23.1 Å². The molecule has 0 aliphatic heterocycles. The Labute approximate surface area is 124 Å². The Bertz CT molecular complexity index is 597. The van der Waals surface area contributed by atoms with Crippen molar-refractivity contribution < 1.29 is 22.7 Å². The number of ether oxygens (including phenoxy) is 1. The molecule has 0 heterocycles. The lowest BCUT2D eigenvalue weighted by Gasteiger charge is -2.22. The Balaban J connectivity index is 2.10. The van der Waals surface area contributed by atoms with Gasteiger partial charge in [0.05, 0.1) is 17.1 Å². The van der Waals surface area contributed by atoms with Crippen molar-refractivity contribution >= 4 is 10.0 Å². The maximum absolute atomic E-state index is 13.7. The number of aliphatic hydroxyl groups is 1. The van der Waals surface area contributed by atoms with Gasteiger partial charge < -0.3 is 9.84 Å². The van der Waals surface area contributed by atoms with Crippen molar-refractivity contribution in [3.8, 4) is 5.75 Å². The maximum atomic E-state index is 13.7. The SMILES string of the molecule is CCOc1ccc(S(=O)(=O)NCC2(O)CCCC2)cc1F. The van der Waals surface area contributed by atoms with E-state index < -0.39 is 21.4 Å². The van der Waals surface area contributed by atoms with Crippen LogP contribution >= 0.6 is 0 Å². The van der Waals surface area contributed by atoms with Crippen LogP contribution in [0.1, 0.15) is 32.6 Å². The van der Waals surface area contributed by atoms with E-state index in [1.54, 1.807) is 6.92 Å². The molecular formula is C14H20FNO4S. The van der Waals surface area contributed by atoms with Crippen molar-refractivity contribution in [3.63, 3.8) is 0 Å². The van der Waals surface area contributed by atoms with E-state index in [4.69, 9.17) is 4.74 Å². The maximum Gasteiger partial charge on any atom is 0.240 e. The van der Waals surface area contributed by atoms with Crippen molar-refractivity contribution in [1.82, 2.24) is 4.72 Å². The molecule has 1 saturated carbocycles. The Morgan fingerprint density at radius 1 is 1.38 bits per heavy atom. The molecule has 21 heavy (non-hydrogen) atoms. The summed E-state index contributed by atoms with van der Waals surface area (Å²) in [7, 11) is -3.85. The molecule has 0 radical (unpaired) electrons. The normalized spacial score (nSPS) is 17.9. The number of nitrogens with one attached hydrogen (secondary N) is 1. The summed E-state index contributed by atoms with van der Waals surface area (Å²) in [6.07, 6.45) is 2.92. The molecule has 1 aromatic carbocycles. The second-order valence-electron chi connectivity index (χ2n) is 5.28. The van der Waals surface area contributed by atoms with E-state index in [1.165, 1.54) is 12.1 Å². The van der Waals surface area contributed by atoms with Crippen molar-refractivity contribution in [2.45, 2.75) is 43.1 Å². The number of sulfonamides is 1. The summed E-state index contributed by atoms with van der Waals surface area (Å²) in [6.45, 7) is 1.96. The molecule has 2 N–H and O–H groups in total. The molecular weight excluding hydrogens is 297 g/mol. The van der Waals surface area contributed by atoms with Gasteiger partial charge in [0.15, 0.2) is 11.6 Å². The molecule has 0 saturated heterocycles. The molecule has 7 heteroatoms. The Hall–Kier alpha value is -1.18. The second-order valence-corrected chi connectivity index (χ2v) is 7.05. The molecule has 0 atom stereocenters. The number of rotatable bonds is 6. The van der Waals surface area contributed by atoms with Crippen LogP contribution in [0.5, 0.6) is 5.75 Å². The third kappa shape index (κ3) is 3.93. The van der Waals surface area contributed by atoms with Gasteiger partial charge in [-0.3, -0.25) is 0 Å². The fourth-order valence-corrected chi connectivity index (χ4v) is 3.58. The molecule has 1 aliphatic rings. The fourth-order valence-electron chi connectivity index (χ4n) is 2.44. The highest BCUT2D eigenvalue weighted by molar-refractivity contribution is 7.89. The van der Waals surface area contributed by atoms with Crippen molar-refractivity contribution in [1.29, 1.82) is 0 Å². The number of halogens is 1. The molecule has 118 valence electrons. The highest BCUT2D eigenvalue weighted by atomic mass is 32.2. The molecule has 1 fully saturated rings. The van der Waals surface area contributed by atoms with E-state index in [2.05, 4.69) is 4.72 Å². The first-order valence-corrected chi connectivity index (χ1v) is 8.49. The molecule has 0 bridgehead atoms. The van der Waals surface area contributed by atoms with Crippen LogP contribution in [0.4, 0.5) is 4.39 Å². The minimum absolute atomic E-state index is 0.0193. The molecule has 1 aromatic rings. The van der Waals surface area contributed by atoms with Gasteiger partial charge in [0.2, 0.25) is 10.0 Å². The molecule has 2 rings (SSSR count). The average molecular weight is 317 g/mol. The Morgan fingerprint density at radius 2 is 2.05 bits per heavy atom. The summed E-state index contributed by atoms with van der Waals surface area (Å²) in [4.78, 5) is -0.176. The van der Waals surface area contributed by atoms with Gasteiger partial charge in [-0.25, -0.2) is 17.5 Å². The first-order chi connectivity index (χ1) is 9.86. The van der Waals surface area contributed by atoms with Gasteiger partial charge in [0.1, 0.15) is 0 Å². The molecule has 0 aromatic heterocycles. The van der Waals surface area contributed by atoms with Crippen LogP contribution < -0.4 is 9.46 Å². The summed E-state index contributed by atoms with van der Waals surface area (Å²) in [5.74, 6) is -0.704. The summed E-state index contributed by atoms with van der Waals surface area (Å²) >= 11 is 0. The Morgan fingerprint density at radius 3 is 2.62 bits per heavy atom. The highest BCUT2D eigenvalue weighted by Gasteiger charge is 2.32.